The zero-order chi connectivity index (χ0) is 10.1. The van der Waals surface area contributed by atoms with Crippen LogP contribution >= 0.6 is 15.9 Å². The molecule has 0 aliphatic carbocycles. The summed E-state index contributed by atoms with van der Waals surface area (Å²) >= 11 is 3.24. The van der Waals surface area contributed by atoms with Gasteiger partial charge in [-0.05, 0) is 18.2 Å². The molecule has 0 atom stereocenters. The fourth-order valence-corrected chi connectivity index (χ4v) is 1.54. The first kappa shape index (κ1) is 9.21. The first-order chi connectivity index (χ1) is 6.66. The maximum Gasteiger partial charge on any atom is 0.264 e. The molecular formula is C9H6BrNO3. The average Bonchev–Trinajstić information content (AvgIpc) is 2.27. The Bertz CT molecular complexity index is 417. The van der Waals surface area contributed by atoms with Gasteiger partial charge >= 0.3 is 0 Å². The molecule has 0 unspecified atom stereocenters. The molecule has 72 valence electrons. The van der Waals surface area contributed by atoms with Crippen molar-refractivity contribution in [2.45, 2.75) is 0 Å². The fraction of sp³-hybridized carbons (Fsp3) is 0.111. The number of amides is 2. The molecule has 0 spiro atoms. The van der Waals surface area contributed by atoms with Gasteiger partial charge in [-0.15, -0.1) is 0 Å². The number of fused-ring (bicyclic) bond motifs is 1. The molecule has 0 aromatic heterocycles. The van der Waals surface area contributed by atoms with Gasteiger partial charge in [0.2, 0.25) is 0 Å². The Morgan fingerprint density at radius 3 is 2.93 bits per heavy atom. The van der Waals surface area contributed by atoms with Crippen molar-refractivity contribution in [1.29, 1.82) is 0 Å². The summed E-state index contributed by atoms with van der Waals surface area (Å²) in [6, 6.07) is 5.02. The highest BCUT2D eigenvalue weighted by Gasteiger charge is 2.20. The predicted molar refractivity (Wildman–Crippen MR) is 52.1 cm³/mol. The topological polar surface area (TPSA) is 55.4 Å². The van der Waals surface area contributed by atoms with Crippen LogP contribution in [0.2, 0.25) is 0 Å². The standard InChI is InChI=1S/C9H6BrNO3/c10-5-1-2-7-6(3-5)9(13)11-8(12)4-14-7/h1-3H,4H2,(H,11,12,13). The van der Waals surface area contributed by atoms with Gasteiger partial charge < -0.3 is 4.74 Å². The van der Waals surface area contributed by atoms with E-state index >= 15 is 0 Å². The summed E-state index contributed by atoms with van der Waals surface area (Å²) in [6.07, 6.45) is 0. The summed E-state index contributed by atoms with van der Waals surface area (Å²) < 4.78 is 5.90. The van der Waals surface area contributed by atoms with Gasteiger partial charge in [0, 0.05) is 4.47 Å². The number of ether oxygens (including phenoxy) is 1. The number of imide groups is 1. The normalized spacial score (nSPS) is 15.2. The molecule has 5 heteroatoms. The minimum atomic E-state index is -0.428. The molecule has 1 heterocycles. The third-order valence-electron chi connectivity index (χ3n) is 1.80. The lowest BCUT2D eigenvalue weighted by Gasteiger charge is -2.03. The molecule has 2 amide bonds. The van der Waals surface area contributed by atoms with Gasteiger partial charge in [0.05, 0.1) is 5.56 Å². The number of halogens is 1. The SMILES string of the molecule is O=C1COc2ccc(Br)cc2C(=O)N1. The Morgan fingerprint density at radius 1 is 1.36 bits per heavy atom. The van der Waals surface area contributed by atoms with E-state index in [1.807, 2.05) is 0 Å². The quantitative estimate of drug-likeness (QED) is 0.707. The average molecular weight is 256 g/mol. The van der Waals surface area contributed by atoms with Gasteiger partial charge in [0.1, 0.15) is 5.75 Å². The monoisotopic (exact) mass is 255 g/mol. The van der Waals surface area contributed by atoms with Crippen molar-refractivity contribution >= 4 is 27.7 Å². The Kier molecular flexibility index (Phi) is 2.25. The molecule has 0 fully saturated rings. The van der Waals surface area contributed by atoms with E-state index in [4.69, 9.17) is 4.74 Å². The van der Waals surface area contributed by atoms with Crippen LogP contribution in [-0.2, 0) is 4.79 Å². The Labute approximate surface area is 88.4 Å². The molecule has 1 aliphatic rings. The molecule has 4 nitrogen and oxygen atoms in total. The van der Waals surface area contributed by atoms with E-state index in [0.717, 1.165) is 4.47 Å². The zero-order valence-corrected chi connectivity index (χ0v) is 8.63. The minimum absolute atomic E-state index is 0.125. The van der Waals surface area contributed by atoms with Crippen LogP contribution in [0, 0.1) is 0 Å². The van der Waals surface area contributed by atoms with Crippen LogP contribution in [-0.4, -0.2) is 18.4 Å². The van der Waals surface area contributed by atoms with E-state index < -0.39 is 11.8 Å². The van der Waals surface area contributed by atoms with Crippen LogP contribution in [0.4, 0.5) is 0 Å². The summed E-state index contributed by atoms with van der Waals surface area (Å²) in [5.41, 5.74) is 0.366. The lowest BCUT2D eigenvalue weighted by atomic mass is 10.2. The van der Waals surface area contributed by atoms with Crippen molar-refractivity contribution in [1.82, 2.24) is 5.32 Å². The van der Waals surface area contributed by atoms with Gasteiger partial charge in [0.15, 0.2) is 6.61 Å². The van der Waals surface area contributed by atoms with E-state index in [-0.39, 0.29) is 6.61 Å². The second-order valence-corrected chi connectivity index (χ2v) is 3.72. The van der Waals surface area contributed by atoms with Crippen LogP contribution in [0.3, 0.4) is 0 Å². The van der Waals surface area contributed by atoms with Crippen molar-refractivity contribution in [2.75, 3.05) is 6.61 Å². The molecule has 14 heavy (non-hydrogen) atoms. The van der Waals surface area contributed by atoms with Crippen molar-refractivity contribution < 1.29 is 14.3 Å². The number of nitrogens with one attached hydrogen (secondary N) is 1. The highest BCUT2D eigenvalue weighted by atomic mass is 79.9. The first-order valence-electron chi connectivity index (χ1n) is 3.93. The number of rotatable bonds is 0. The molecule has 1 aliphatic heterocycles. The molecule has 0 radical (unpaired) electrons. The largest absolute Gasteiger partial charge is 0.483 e. The van der Waals surface area contributed by atoms with E-state index in [1.165, 1.54) is 0 Å². The molecule has 0 saturated carbocycles. The molecule has 0 bridgehead atoms. The molecule has 1 aromatic carbocycles. The van der Waals surface area contributed by atoms with Gasteiger partial charge in [-0.3, -0.25) is 14.9 Å². The maximum absolute atomic E-state index is 11.4. The minimum Gasteiger partial charge on any atom is -0.483 e. The van der Waals surface area contributed by atoms with Gasteiger partial charge in [-0.1, -0.05) is 15.9 Å². The van der Waals surface area contributed by atoms with Crippen LogP contribution in [0.15, 0.2) is 22.7 Å². The summed E-state index contributed by atoms with van der Waals surface area (Å²) in [7, 11) is 0. The Hall–Kier alpha value is -1.36. The second-order valence-electron chi connectivity index (χ2n) is 2.81. The number of hydrogen-bond acceptors (Lipinski definition) is 3. The summed E-state index contributed by atoms with van der Waals surface area (Å²) in [4.78, 5) is 22.4. The van der Waals surface area contributed by atoms with E-state index in [1.54, 1.807) is 18.2 Å². The maximum atomic E-state index is 11.4. The highest BCUT2D eigenvalue weighted by Crippen LogP contribution is 2.24. The van der Waals surface area contributed by atoms with E-state index in [2.05, 4.69) is 21.2 Å². The third-order valence-corrected chi connectivity index (χ3v) is 2.29. The number of benzene rings is 1. The molecule has 0 saturated heterocycles. The molecular weight excluding hydrogens is 250 g/mol. The van der Waals surface area contributed by atoms with Gasteiger partial charge in [-0.25, -0.2) is 0 Å². The van der Waals surface area contributed by atoms with E-state index in [0.29, 0.717) is 11.3 Å². The molecule has 2 rings (SSSR count). The van der Waals surface area contributed by atoms with Crippen molar-refractivity contribution in [3.63, 3.8) is 0 Å². The second kappa shape index (κ2) is 3.42. The van der Waals surface area contributed by atoms with E-state index in [9.17, 15) is 9.59 Å². The lowest BCUT2D eigenvalue weighted by molar-refractivity contribution is -0.121. The van der Waals surface area contributed by atoms with Crippen LogP contribution in [0.25, 0.3) is 0 Å². The lowest BCUT2D eigenvalue weighted by Crippen LogP contribution is -2.31. The van der Waals surface area contributed by atoms with Crippen molar-refractivity contribution in [3.8, 4) is 5.75 Å². The number of carbonyl (C=O) groups is 2. The van der Waals surface area contributed by atoms with Crippen molar-refractivity contribution in [2.24, 2.45) is 0 Å². The number of carbonyl (C=O) groups excluding carboxylic acids is 2. The Morgan fingerprint density at radius 2 is 2.14 bits per heavy atom. The van der Waals surface area contributed by atoms with Gasteiger partial charge in [0.25, 0.3) is 11.8 Å². The summed E-state index contributed by atoms with van der Waals surface area (Å²) in [5.74, 6) is -0.428. The van der Waals surface area contributed by atoms with Gasteiger partial charge in [-0.2, -0.15) is 0 Å². The van der Waals surface area contributed by atoms with Crippen LogP contribution in [0.1, 0.15) is 10.4 Å². The summed E-state index contributed by atoms with van der Waals surface area (Å²) in [5, 5.41) is 2.20. The Balaban J connectivity index is 2.49. The van der Waals surface area contributed by atoms with Crippen LogP contribution in [0.5, 0.6) is 5.75 Å². The molecule has 1 N–H and O–H groups in total. The zero-order valence-electron chi connectivity index (χ0n) is 7.04. The summed E-state index contributed by atoms with van der Waals surface area (Å²) in [6.45, 7) is -0.125. The predicted octanol–water partition coefficient (Wildman–Crippen LogP) is 1.10. The molecule has 1 aromatic rings. The van der Waals surface area contributed by atoms with Crippen LogP contribution < -0.4 is 10.1 Å². The smallest absolute Gasteiger partial charge is 0.264 e. The first-order valence-corrected chi connectivity index (χ1v) is 4.72. The fourth-order valence-electron chi connectivity index (χ4n) is 1.18. The third kappa shape index (κ3) is 1.63. The highest BCUT2D eigenvalue weighted by molar-refractivity contribution is 9.10. The van der Waals surface area contributed by atoms with Crippen molar-refractivity contribution in [3.05, 3.63) is 28.2 Å². The number of hydrogen-bond donors (Lipinski definition) is 1.